The molecular weight excluding hydrogens is 279 g/mol. The number of nitrogens with one attached hydrogen (secondary N) is 2. The van der Waals surface area contributed by atoms with E-state index in [2.05, 4.69) is 10.5 Å². The van der Waals surface area contributed by atoms with Crippen LogP contribution in [0.3, 0.4) is 0 Å². The first kappa shape index (κ1) is 14.3. The van der Waals surface area contributed by atoms with E-state index >= 15 is 0 Å². The average Bonchev–Trinajstić information content (AvgIpc) is 2.31. The van der Waals surface area contributed by atoms with Gasteiger partial charge in [0.15, 0.2) is 11.7 Å². The van der Waals surface area contributed by atoms with Gasteiger partial charge in [-0.2, -0.15) is 10.4 Å². The quantitative estimate of drug-likeness (QED) is 0.333. The lowest BCUT2D eigenvalue weighted by Crippen LogP contribution is -2.22. The second-order valence-electron chi connectivity index (χ2n) is 3.14. The molecule has 0 unspecified atom stereocenters. The molecule has 0 fully saturated rings. The van der Waals surface area contributed by atoms with Crippen molar-refractivity contribution in [1.82, 2.24) is 0 Å². The van der Waals surface area contributed by atoms with Crippen molar-refractivity contribution >= 4 is 34.5 Å². The number of nitriles is 1. The molecule has 0 aromatic heterocycles. The highest BCUT2D eigenvalue weighted by molar-refractivity contribution is 6.46. The summed E-state index contributed by atoms with van der Waals surface area (Å²) in [6.07, 6.45) is 0. The van der Waals surface area contributed by atoms with Crippen LogP contribution >= 0.6 is 11.6 Å². The highest BCUT2D eigenvalue weighted by Crippen LogP contribution is 2.30. The van der Waals surface area contributed by atoms with Crippen LogP contribution in [0.2, 0.25) is 5.02 Å². The van der Waals surface area contributed by atoms with Gasteiger partial charge in [0.05, 0.1) is 16.0 Å². The number of hydrazone groups is 1. The van der Waals surface area contributed by atoms with Crippen molar-refractivity contribution < 1.29 is 9.31 Å². The van der Waals surface area contributed by atoms with Crippen LogP contribution in [-0.4, -0.2) is 16.5 Å². The Labute approximate surface area is 110 Å². The zero-order chi connectivity index (χ0) is 14.6. The molecule has 10 heteroatoms. The van der Waals surface area contributed by atoms with Crippen molar-refractivity contribution in [1.29, 1.82) is 10.7 Å². The Morgan fingerprint density at radius 3 is 2.74 bits per heavy atom. The van der Waals surface area contributed by atoms with Crippen LogP contribution in [0.1, 0.15) is 0 Å². The highest BCUT2D eigenvalue weighted by atomic mass is 35.5. The molecule has 1 aromatic carbocycles. The molecule has 0 heterocycles. The molecule has 19 heavy (non-hydrogen) atoms. The van der Waals surface area contributed by atoms with Crippen molar-refractivity contribution in [3.8, 4) is 6.07 Å². The zero-order valence-corrected chi connectivity index (χ0v) is 9.90. The largest absolute Gasteiger partial charge is 0.382 e. The van der Waals surface area contributed by atoms with E-state index in [0.29, 0.717) is 6.07 Å². The lowest BCUT2D eigenvalue weighted by atomic mass is 10.2. The van der Waals surface area contributed by atoms with Gasteiger partial charge in [0.2, 0.25) is 5.71 Å². The summed E-state index contributed by atoms with van der Waals surface area (Å²) in [4.78, 5) is 9.66. The number of anilines is 1. The second-order valence-corrected chi connectivity index (χ2v) is 3.55. The number of rotatable bonds is 4. The molecule has 8 nitrogen and oxygen atoms in total. The van der Waals surface area contributed by atoms with Crippen LogP contribution in [0.15, 0.2) is 17.2 Å². The molecule has 4 N–H and O–H groups in total. The molecular formula is C9H6ClFN6O2. The number of hydrogen-bond donors (Lipinski definition) is 3. The van der Waals surface area contributed by atoms with E-state index in [9.17, 15) is 14.5 Å². The third-order valence-corrected chi connectivity index (χ3v) is 2.18. The number of nitrogens with two attached hydrogens (primary N) is 1. The summed E-state index contributed by atoms with van der Waals surface area (Å²) >= 11 is 5.64. The maximum absolute atomic E-state index is 13.5. The van der Waals surface area contributed by atoms with Crippen molar-refractivity contribution in [2.45, 2.75) is 0 Å². The fraction of sp³-hybridized carbons (Fsp3) is 0. The SMILES string of the molecule is N#C/C(=N\Nc1c(F)cc([N+](=O)[O-])cc1Cl)C(=N)N. The first-order valence-corrected chi connectivity index (χ1v) is 4.96. The van der Waals surface area contributed by atoms with E-state index in [-0.39, 0.29) is 10.7 Å². The van der Waals surface area contributed by atoms with Crippen LogP contribution in [0, 0.1) is 32.7 Å². The highest BCUT2D eigenvalue weighted by Gasteiger charge is 2.15. The smallest absolute Gasteiger partial charge is 0.274 e. The van der Waals surface area contributed by atoms with E-state index in [1.807, 2.05) is 0 Å². The molecule has 0 bridgehead atoms. The van der Waals surface area contributed by atoms with E-state index in [1.165, 1.54) is 6.07 Å². The van der Waals surface area contributed by atoms with E-state index in [0.717, 1.165) is 6.07 Å². The molecule has 0 saturated heterocycles. The number of nitro benzene ring substituents is 1. The van der Waals surface area contributed by atoms with E-state index in [4.69, 9.17) is 28.0 Å². The predicted octanol–water partition coefficient (Wildman–Crippen LogP) is 1.61. The minimum Gasteiger partial charge on any atom is -0.382 e. The molecule has 0 aliphatic heterocycles. The molecule has 0 aliphatic carbocycles. The Hall–Kier alpha value is -2.73. The van der Waals surface area contributed by atoms with Crippen molar-refractivity contribution in [3.63, 3.8) is 0 Å². The van der Waals surface area contributed by atoms with Crippen LogP contribution in [0.4, 0.5) is 15.8 Å². The Bertz CT molecular complexity index is 601. The fourth-order valence-electron chi connectivity index (χ4n) is 1.03. The van der Waals surface area contributed by atoms with Gasteiger partial charge in [0.1, 0.15) is 11.8 Å². The van der Waals surface area contributed by atoms with Gasteiger partial charge >= 0.3 is 0 Å². The molecule has 0 radical (unpaired) electrons. The summed E-state index contributed by atoms with van der Waals surface area (Å²) in [7, 11) is 0. The number of halogens is 2. The van der Waals surface area contributed by atoms with Gasteiger partial charge < -0.3 is 5.73 Å². The molecule has 0 amide bonds. The van der Waals surface area contributed by atoms with E-state index < -0.39 is 28.0 Å². The summed E-state index contributed by atoms with van der Waals surface area (Å²) < 4.78 is 13.5. The Morgan fingerprint density at radius 2 is 2.32 bits per heavy atom. The summed E-state index contributed by atoms with van der Waals surface area (Å²) in [5.41, 5.74) is 5.76. The minimum absolute atomic E-state index is 0.295. The molecule has 0 saturated carbocycles. The molecule has 1 rings (SSSR count). The lowest BCUT2D eigenvalue weighted by Gasteiger charge is -2.05. The van der Waals surface area contributed by atoms with Crippen molar-refractivity contribution in [2.24, 2.45) is 10.8 Å². The Kier molecular flexibility index (Phi) is 4.33. The number of nitrogens with zero attached hydrogens (tertiary/aromatic N) is 3. The van der Waals surface area contributed by atoms with Crippen LogP contribution < -0.4 is 11.2 Å². The first-order chi connectivity index (χ1) is 8.86. The zero-order valence-electron chi connectivity index (χ0n) is 9.15. The van der Waals surface area contributed by atoms with Gasteiger partial charge in [-0.1, -0.05) is 11.6 Å². The van der Waals surface area contributed by atoms with Crippen LogP contribution in [0.25, 0.3) is 0 Å². The number of amidine groups is 1. The number of non-ortho nitro benzene ring substituents is 1. The molecule has 1 aromatic rings. The van der Waals surface area contributed by atoms with Gasteiger partial charge in [-0.25, -0.2) is 4.39 Å². The van der Waals surface area contributed by atoms with Gasteiger partial charge in [-0.15, -0.1) is 0 Å². The van der Waals surface area contributed by atoms with E-state index in [1.54, 1.807) is 0 Å². The monoisotopic (exact) mass is 284 g/mol. The molecule has 0 atom stereocenters. The predicted molar refractivity (Wildman–Crippen MR) is 66.6 cm³/mol. The molecule has 98 valence electrons. The first-order valence-electron chi connectivity index (χ1n) is 4.58. The molecule has 0 spiro atoms. The maximum atomic E-state index is 13.5. The topological polar surface area (TPSA) is 141 Å². The Morgan fingerprint density at radius 1 is 1.68 bits per heavy atom. The van der Waals surface area contributed by atoms with Crippen LogP contribution in [0.5, 0.6) is 0 Å². The number of hydrogen-bond acceptors (Lipinski definition) is 6. The minimum atomic E-state index is -1.02. The number of benzene rings is 1. The maximum Gasteiger partial charge on any atom is 0.274 e. The van der Waals surface area contributed by atoms with Gasteiger partial charge in [-0.05, 0) is 0 Å². The normalized spacial score (nSPS) is 10.7. The average molecular weight is 285 g/mol. The molecule has 0 aliphatic rings. The summed E-state index contributed by atoms with van der Waals surface area (Å²) in [6, 6.07) is 3.07. The van der Waals surface area contributed by atoms with Crippen LogP contribution in [-0.2, 0) is 0 Å². The van der Waals surface area contributed by atoms with Gasteiger partial charge in [0, 0.05) is 6.07 Å². The third kappa shape index (κ3) is 3.36. The third-order valence-electron chi connectivity index (χ3n) is 1.88. The summed E-state index contributed by atoms with van der Waals surface area (Å²) in [5, 5.41) is 29.1. The second kappa shape index (κ2) is 5.74. The summed E-state index contributed by atoms with van der Waals surface area (Å²) in [6.45, 7) is 0. The van der Waals surface area contributed by atoms with Crippen molar-refractivity contribution in [3.05, 3.63) is 33.1 Å². The Balaban J connectivity index is 3.14. The summed E-state index contributed by atoms with van der Waals surface area (Å²) in [5.74, 6) is -1.64. The van der Waals surface area contributed by atoms with Gasteiger partial charge in [0.25, 0.3) is 5.69 Å². The number of nitro groups is 1. The van der Waals surface area contributed by atoms with Gasteiger partial charge in [-0.3, -0.25) is 20.9 Å². The standard InChI is InChI=1S/C9H6ClFN6O2/c10-5-1-4(17(18)19)2-6(11)8(5)16-15-7(3-12)9(13)14/h1-2,16H,(H3,13,14)/b15-7+. The lowest BCUT2D eigenvalue weighted by molar-refractivity contribution is -0.385. The van der Waals surface area contributed by atoms with Crippen molar-refractivity contribution in [2.75, 3.05) is 5.43 Å². The fourth-order valence-corrected chi connectivity index (χ4v) is 1.27.